The Bertz CT molecular complexity index is 2040. The van der Waals surface area contributed by atoms with Gasteiger partial charge < -0.3 is 79.5 Å². The fraction of sp³-hybridized carbons (Fsp3) is 0.787. The SMILES string of the molecule is CC(=O)CC[C@H](CC(=O)COCCOCCNC(=O)CC[C@H](CC(=O)COCCOCCNC(=O)CC[C@H](CC(C)=O)C(=O)O)C(=O)O)C(=O)O.CCOCCOCCNC(=O)CC[C@H](CC(=O)CCCCCCCCCCCCCCC(=O)O)C(=O)O. The van der Waals surface area contributed by atoms with Crippen LogP contribution in [0.15, 0.2) is 0 Å². The lowest BCUT2D eigenvalue weighted by molar-refractivity contribution is -0.145. The van der Waals surface area contributed by atoms with Crippen molar-refractivity contribution in [1.82, 2.24) is 16.0 Å². The molecule has 27 heteroatoms. The smallest absolute Gasteiger partial charge is 0.306 e. The molecule has 3 amide bonds. The number of carbonyl (C=O) groups excluding carboxylic acids is 8. The minimum absolute atomic E-state index is 0.0144. The highest BCUT2D eigenvalue weighted by Gasteiger charge is 2.25. The predicted octanol–water partition coefficient (Wildman–Crippen LogP) is 5.36. The van der Waals surface area contributed by atoms with Crippen LogP contribution in [-0.4, -0.2) is 201 Å². The lowest BCUT2D eigenvalue weighted by Crippen LogP contribution is -2.29. The summed E-state index contributed by atoms with van der Waals surface area (Å²) in [5.74, 6) is -11.4. The monoisotopic (exact) mass is 1260 g/mol. The van der Waals surface area contributed by atoms with Crippen LogP contribution in [0, 0.1) is 23.7 Å². The number of carboxylic acid groups (broad SMARTS) is 5. The number of nitrogens with one attached hydrogen (secondary N) is 3. The van der Waals surface area contributed by atoms with Crippen molar-refractivity contribution < 1.29 is 116 Å². The summed E-state index contributed by atoms with van der Waals surface area (Å²) in [7, 11) is 0. The highest BCUT2D eigenvalue weighted by Crippen LogP contribution is 2.18. The maximum absolute atomic E-state index is 12.2. The number of ketones is 5. The molecule has 0 aliphatic heterocycles. The van der Waals surface area contributed by atoms with E-state index in [9.17, 15) is 77.6 Å². The molecular weight excluding hydrogens is 1160 g/mol. The van der Waals surface area contributed by atoms with Crippen LogP contribution in [-0.2, 0) is 90.8 Å². The van der Waals surface area contributed by atoms with E-state index in [1.165, 1.54) is 46.0 Å². The van der Waals surface area contributed by atoms with Gasteiger partial charge in [0.05, 0.1) is 83.1 Å². The van der Waals surface area contributed by atoms with Gasteiger partial charge in [-0.05, 0) is 59.3 Å². The molecule has 0 aliphatic carbocycles. The van der Waals surface area contributed by atoms with Gasteiger partial charge in [0, 0.05) is 90.4 Å². The standard InChI is InChI=1S/C33H52N2O16.C28H51NO8/c1-22(36)3-4-25(32(44)45)18-27(38)20-50-15-13-49-12-10-35-30(41)8-6-26(33(46)47)19-28(39)21-51-16-14-48-11-9-34-29(40)7-5-24(31(42)43)17-23(2)37;1-2-36-21-22-37-20-19-29-26(31)18-17-24(28(34)35)23-25(30)15-13-11-9-7-5-3-4-6-8-10-12-14-16-27(32)33/h24-26H,3-21H2,1-2H3,(H,34,40)(H,35,41)(H,42,43)(H,44,45)(H,46,47);24H,2-23H2,1H3,(H,29,31)(H,32,33)(H,34,35)/t24-,25-,26-;24-/m11/s1. The van der Waals surface area contributed by atoms with Gasteiger partial charge in [0.1, 0.15) is 30.6 Å². The Kier molecular flexibility index (Phi) is 54.7. The molecule has 0 saturated heterocycles. The Labute approximate surface area is 517 Å². The second-order valence-corrected chi connectivity index (χ2v) is 21.5. The third kappa shape index (κ3) is 56.4. The number of hydrogen-bond donors (Lipinski definition) is 8. The van der Waals surface area contributed by atoms with Crippen molar-refractivity contribution in [2.75, 3.05) is 98.9 Å². The first-order valence-corrected chi connectivity index (χ1v) is 30.9. The maximum Gasteiger partial charge on any atom is 0.306 e. The minimum atomic E-state index is -1.23. The number of Topliss-reactive ketones (excluding diaryl/α,β-unsaturated/α-hetero) is 5. The normalized spacial score (nSPS) is 12.3. The van der Waals surface area contributed by atoms with Crippen LogP contribution in [0.1, 0.15) is 188 Å². The van der Waals surface area contributed by atoms with E-state index in [-0.39, 0.29) is 179 Å². The summed E-state index contributed by atoms with van der Waals surface area (Å²) < 4.78 is 31.4. The molecule has 0 rings (SSSR count). The van der Waals surface area contributed by atoms with Crippen molar-refractivity contribution in [3.05, 3.63) is 0 Å². The largest absolute Gasteiger partial charge is 0.481 e. The van der Waals surface area contributed by atoms with Crippen LogP contribution in [0.2, 0.25) is 0 Å². The summed E-state index contributed by atoms with van der Waals surface area (Å²) in [4.78, 5) is 150. The molecule has 4 atom stereocenters. The first-order chi connectivity index (χ1) is 42.0. The molecule has 0 saturated carbocycles. The van der Waals surface area contributed by atoms with E-state index in [0.29, 0.717) is 39.4 Å². The molecule has 0 heterocycles. The fourth-order valence-electron chi connectivity index (χ4n) is 8.53. The second-order valence-electron chi connectivity index (χ2n) is 21.5. The summed E-state index contributed by atoms with van der Waals surface area (Å²) in [5, 5.41) is 53.6. The lowest BCUT2D eigenvalue weighted by atomic mass is 9.94. The zero-order chi connectivity index (χ0) is 66.2. The van der Waals surface area contributed by atoms with Crippen LogP contribution in [0.4, 0.5) is 0 Å². The summed E-state index contributed by atoms with van der Waals surface area (Å²) in [5.41, 5.74) is 0. The number of unbranched alkanes of at least 4 members (excludes halogenated alkanes) is 11. The summed E-state index contributed by atoms with van der Waals surface area (Å²) in [6, 6.07) is 0. The van der Waals surface area contributed by atoms with Crippen molar-refractivity contribution in [1.29, 1.82) is 0 Å². The summed E-state index contributed by atoms with van der Waals surface area (Å²) in [6.07, 6.45) is 13.0. The lowest BCUT2D eigenvalue weighted by Gasteiger charge is -2.12. The number of carbonyl (C=O) groups is 13. The number of aliphatic carboxylic acids is 5. The van der Waals surface area contributed by atoms with Gasteiger partial charge in [0.2, 0.25) is 17.7 Å². The van der Waals surface area contributed by atoms with E-state index < -0.39 is 71.0 Å². The van der Waals surface area contributed by atoms with Crippen LogP contribution < -0.4 is 16.0 Å². The van der Waals surface area contributed by atoms with E-state index in [1.807, 2.05) is 6.92 Å². The molecule has 506 valence electrons. The molecule has 0 fully saturated rings. The van der Waals surface area contributed by atoms with E-state index in [1.54, 1.807) is 0 Å². The molecule has 0 unspecified atom stereocenters. The van der Waals surface area contributed by atoms with Gasteiger partial charge in [-0.1, -0.05) is 64.2 Å². The average molecular weight is 1260 g/mol. The minimum Gasteiger partial charge on any atom is -0.481 e. The third-order valence-corrected chi connectivity index (χ3v) is 13.5. The van der Waals surface area contributed by atoms with Gasteiger partial charge in [-0.15, -0.1) is 0 Å². The molecule has 0 bridgehead atoms. The van der Waals surface area contributed by atoms with Gasteiger partial charge in [-0.25, -0.2) is 0 Å². The topological polar surface area (TPSA) is 415 Å². The zero-order valence-corrected chi connectivity index (χ0v) is 52.3. The summed E-state index contributed by atoms with van der Waals surface area (Å²) in [6.45, 7) is 7.07. The fourth-order valence-corrected chi connectivity index (χ4v) is 8.53. The number of amides is 3. The number of ether oxygens (including phenoxy) is 6. The Balaban J connectivity index is 0. The maximum atomic E-state index is 12.2. The van der Waals surface area contributed by atoms with Crippen LogP contribution in [0.5, 0.6) is 0 Å². The Morgan fingerprint density at radius 2 is 0.614 bits per heavy atom. The number of rotatable bonds is 62. The molecule has 0 aromatic rings. The first-order valence-electron chi connectivity index (χ1n) is 30.9. The van der Waals surface area contributed by atoms with Gasteiger partial charge in [0.15, 0.2) is 11.6 Å². The highest BCUT2D eigenvalue weighted by molar-refractivity contribution is 5.87. The van der Waals surface area contributed by atoms with Crippen LogP contribution >= 0.6 is 0 Å². The van der Waals surface area contributed by atoms with Crippen molar-refractivity contribution in [3.8, 4) is 0 Å². The quantitative estimate of drug-likeness (QED) is 0.0355. The molecule has 27 nitrogen and oxygen atoms in total. The van der Waals surface area contributed by atoms with Gasteiger partial charge in [-0.2, -0.15) is 0 Å². The predicted molar refractivity (Wildman–Crippen MR) is 318 cm³/mol. The van der Waals surface area contributed by atoms with Crippen LogP contribution in [0.3, 0.4) is 0 Å². The average Bonchev–Trinajstić information content (AvgIpc) is 3.59. The molecule has 0 aromatic carbocycles. The molecule has 88 heavy (non-hydrogen) atoms. The molecule has 0 spiro atoms. The van der Waals surface area contributed by atoms with Crippen LogP contribution in [0.25, 0.3) is 0 Å². The van der Waals surface area contributed by atoms with Gasteiger partial charge >= 0.3 is 29.8 Å². The highest BCUT2D eigenvalue weighted by atomic mass is 16.5. The van der Waals surface area contributed by atoms with E-state index >= 15 is 0 Å². The molecule has 0 radical (unpaired) electrons. The Morgan fingerprint density at radius 3 is 0.932 bits per heavy atom. The summed E-state index contributed by atoms with van der Waals surface area (Å²) >= 11 is 0. The van der Waals surface area contributed by atoms with Crippen molar-refractivity contribution in [2.24, 2.45) is 23.7 Å². The van der Waals surface area contributed by atoms with E-state index in [4.69, 9.17) is 38.6 Å². The first kappa shape index (κ1) is 83.9. The Morgan fingerprint density at radius 1 is 0.318 bits per heavy atom. The molecular formula is C61H103N3O24. The third-order valence-electron chi connectivity index (χ3n) is 13.5. The number of carboxylic acids is 5. The van der Waals surface area contributed by atoms with Crippen molar-refractivity contribution >= 4 is 76.5 Å². The zero-order valence-electron chi connectivity index (χ0n) is 52.3. The van der Waals surface area contributed by atoms with Gasteiger partial charge in [0.25, 0.3) is 0 Å². The molecule has 8 N–H and O–H groups in total. The molecule has 0 aromatic heterocycles. The Hall–Kier alpha value is -6.13. The van der Waals surface area contributed by atoms with Crippen molar-refractivity contribution in [2.45, 2.75) is 188 Å². The second kappa shape index (κ2) is 57.3. The van der Waals surface area contributed by atoms with E-state index in [2.05, 4.69) is 16.0 Å². The van der Waals surface area contributed by atoms with E-state index in [0.717, 1.165) is 44.9 Å². The number of hydrogen-bond acceptors (Lipinski definition) is 19. The molecule has 0 aliphatic rings. The van der Waals surface area contributed by atoms with Gasteiger partial charge in [-0.3, -0.25) is 52.7 Å². The van der Waals surface area contributed by atoms with Crippen molar-refractivity contribution in [3.63, 3.8) is 0 Å².